The summed E-state index contributed by atoms with van der Waals surface area (Å²) < 4.78 is 23.0. The van der Waals surface area contributed by atoms with Gasteiger partial charge in [-0.25, -0.2) is 13.4 Å². The number of aromatic nitrogens is 2. The van der Waals surface area contributed by atoms with Crippen LogP contribution < -0.4 is 10.2 Å². The van der Waals surface area contributed by atoms with Crippen LogP contribution in [0.2, 0.25) is 0 Å². The summed E-state index contributed by atoms with van der Waals surface area (Å²) in [6.45, 7) is 1.91. The van der Waals surface area contributed by atoms with E-state index in [1.807, 2.05) is 11.9 Å². The summed E-state index contributed by atoms with van der Waals surface area (Å²) in [6.07, 6.45) is 4.10. The molecule has 1 saturated heterocycles. The van der Waals surface area contributed by atoms with E-state index in [9.17, 15) is 8.42 Å². The first-order chi connectivity index (χ1) is 8.61. The molecule has 1 aliphatic heterocycles. The Morgan fingerprint density at radius 2 is 2.11 bits per heavy atom. The standard InChI is InChI=1S/C11H18N4O2S/c1-12-7-10-8-14-11(9-13-10)15-3-2-5-18(16,17)6-4-15/h8-9,12H,2-7H2,1H3. The van der Waals surface area contributed by atoms with Crippen molar-refractivity contribution < 1.29 is 8.42 Å². The molecule has 0 unspecified atom stereocenters. The van der Waals surface area contributed by atoms with Gasteiger partial charge in [0.1, 0.15) is 5.82 Å². The summed E-state index contributed by atoms with van der Waals surface area (Å²) in [5.74, 6) is 1.23. The number of hydrogen-bond donors (Lipinski definition) is 1. The Bertz CT molecular complexity index is 486. The maximum Gasteiger partial charge on any atom is 0.152 e. The maximum atomic E-state index is 11.5. The first-order valence-electron chi connectivity index (χ1n) is 6.01. The highest BCUT2D eigenvalue weighted by Gasteiger charge is 2.19. The average molecular weight is 270 g/mol. The van der Waals surface area contributed by atoms with Crippen LogP contribution in [0.15, 0.2) is 12.4 Å². The zero-order chi connectivity index (χ0) is 13.0. The highest BCUT2D eigenvalue weighted by atomic mass is 32.2. The van der Waals surface area contributed by atoms with E-state index < -0.39 is 9.84 Å². The second kappa shape index (κ2) is 5.62. The van der Waals surface area contributed by atoms with Crippen molar-refractivity contribution in [2.75, 3.05) is 36.5 Å². The van der Waals surface area contributed by atoms with Crippen molar-refractivity contribution in [1.82, 2.24) is 15.3 Å². The van der Waals surface area contributed by atoms with E-state index in [2.05, 4.69) is 15.3 Å². The Balaban J connectivity index is 2.07. The number of nitrogens with zero attached hydrogens (tertiary/aromatic N) is 3. The van der Waals surface area contributed by atoms with E-state index in [-0.39, 0.29) is 11.5 Å². The van der Waals surface area contributed by atoms with E-state index in [0.29, 0.717) is 19.5 Å². The second-order valence-electron chi connectivity index (χ2n) is 4.39. The van der Waals surface area contributed by atoms with Crippen molar-refractivity contribution in [2.45, 2.75) is 13.0 Å². The molecule has 0 bridgehead atoms. The molecular weight excluding hydrogens is 252 g/mol. The number of nitrogens with one attached hydrogen (secondary N) is 1. The predicted octanol–water partition coefficient (Wildman–Crippen LogP) is -0.179. The number of rotatable bonds is 3. The van der Waals surface area contributed by atoms with Gasteiger partial charge in [-0.15, -0.1) is 0 Å². The van der Waals surface area contributed by atoms with Gasteiger partial charge in [0, 0.05) is 19.6 Å². The quantitative estimate of drug-likeness (QED) is 0.821. The molecule has 0 spiro atoms. The van der Waals surface area contributed by atoms with E-state index >= 15 is 0 Å². The maximum absolute atomic E-state index is 11.5. The zero-order valence-corrected chi connectivity index (χ0v) is 11.3. The van der Waals surface area contributed by atoms with Crippen LogP contribution in [0, 0.1) is 0 Å². The van der Waals surface area contributed by atoms with Gasteiger partial charge in [0.2, 0.25) is 0 Å². The van der Waals surface area contributed by atoms with E-state index in [4.69, 9.17) is 0 Å². The smallest absolute Gasteiger partial charge is 0.152 e. The summed E-state index contributed by atoms with van der Waals surface area (Å²) in [5.41, 5.74) is 0.878. The Kier molecular flexibility index (Phi) is 4.13. The average Bonchev–Trinajstić information content (AvgIpc) is 2.52. The van der Waals surface area contributed by atoms with Gasteiger partial charge in [-0.2, -0.15) is 0 Å². The van der Waals surface area contributed by atoms with Gasteiger partial charge in [0.15, 0.2) is 9.84 Å². The van der Waals surface area contributed by atoms with E-state index in [1.165, 1.54) is 0 Å². The monoisotopic (exact) mass is 270 g/mol. The Labute approximate surface area is 107 Å². The highest BCUT2D eigenvalue weighted by Crippen LogP contribution is 2.13. The Morgan fingerprint density at radius 1 is 1.28 bits per heavy atom. The van der Waals surface area contributed by atoms with Crippen LogP contribution in [0.4, 0.5) is 5.82 Å². The molecule has 1 fully saturated rings. The normalized spacial score (nSPS) is 19.5. The Hall–Kier alpha value is -1.21. The first-order valence-corrected chi connectivity index (χ1v) is 7.84. The van der Waals surface area contributed by atoms with Crippen LogP contribution in [0.5, 0.6) is 0 Å². The minimum Gasteiger partial charge on any atom is -0.354 e. The molecule has 1 aliphatic rings. The highest BCUT2D eigenvalue weighted by molar-refractivity contribution is 7.91. The minimum atomic E-state index is -2.88. The van der Waals surface area contributed by atoms with Crippen LogP contribution >= 0.6 is 0 Å². The molecule has 18 heavy (non-hydrogen) atoms. The van der Waals surface area contributed by atoms with E-state index in [0.717, 1.165) is 18.1 Å². The summed E-state index contributed by atoms with van der Waals surface area (Å²) >= 11 is 0. The van der Waals surface area contributed by atoms with Crippen LogP contribution in [-0.4, -0.2) is 50.0 Å². The molecule has 6 nitrogen and oxygen atoms in total. The van der Waals surface area contributed by atoms with Crippen LogP contribution in [0.3, 0.4) is 0 Å². The number of sulfone groups is 1. The van der Waals surface area contributed by atoms with Crippen molar-refractivity contribution in [3.8, 4) is 0 Å². The summed E-state index contributed by atoms with van der Waals surface area (Å²) in [7, 11) is -1.02. The van der Waals surface area contributed by atoms with Gasteiger partial charge in [-0.3, -0.25) is 4.98 Å². The van der Waals surface area contributed by atoms with Gasteiger partial charge in [-0.05, 0) is 13.5 Å². The third kappa shape index (κ3) is 3.39. The fraction of sp³-hybridized carbons (Fsp3) is 0.636. The zero-order valence-electron chi connectivity index (χ0n) is 10.5. The second-order valence-corrected chi connectivity index (χ2v) is 6.69. The molecule has 0 aromatic carbocycles. The van der Waals surface area contributed by atoms with Crippen molar-refractivity contribution in [3.05, 3.63) is 18.1 Å². The largest absolute Gasteiger partial charge is 0.354 e. The molecular formula is C11H18N4O2S. The van der Waals surface area contributed by atoms with Gasteiger partial charge in [-0.1, -0.05) is 0 Å². The lowest BCUT2D eigenvalue weighted by atomic mass is 10.4. The van der Waals surface area contributed by atoms with Gasteiger partial charge in [0.05, 0.1) is 29.6 Å². The number of hydrogen-bond acceptors (Lipinski definition) is 6. The van der Waals surface area contributed by atoms with E-state index in [1.54, 1.807) is 12.4 Å². The molecule has 100 valence electrons. The molecule has 1 aromatic rings. The van der Waals surface area contributed by atoms with Crippen molar-refractivity contribution in [1.29, 1.82) is 0 Å². The lowest BCUT2D eigenvalue weighted by molar-refractivity contribution is 0.597. The lowest BCUT2D eigenvalue weighted by Gasteiger charge is -2.20. The number of anilines is 1. The summed E-state index contributed by atoms with van der Waals surface area (Å²) in [6, 6.07) is 0. The molecule has 2 rings (SSSR count). The molecule has 0 atom stereocenters. The van der Waals surface area contributed by atoms with Gasteiger partial charge in [0.25, 0.3) is 0 Å². The molecule has 0 amide bonds. The third-order valence-corrected chi connectivity index (χ3v) is 4.64. The molecule has 7 heteroatoms. The van der Waals surface area contributed by atoms with Gasteiger partial charge >= 0.3 is 0 Å². The molecule has 2 heterocycles. The molecule has 1 aromatic heterocycles. The summed E-state index contributed by atoms with van der Waals surface area (Å²) in [5, 5.41) is 3.01. The SMILES string of the molecule is CNCc1cnc(N2CCCS(=O)(=O)CC2)cn1. The van der Waals surface area contributed by atoms with Crippen molar-refractivity contribution >= 4 is 15.7 Å². The first kappa shape index (κ1) is 13.2. The third-order valence-electron chi connectivity index (χ3n) is 2.93. The Morgan fingerprint density at radius 3 is 2.78 bits per heavy atom. The van der Waals surface area contributed by atoms with Crippen molar-refractivity contribution in [3.63, 3.8) is 0 Å². The van der Waals surface area contributed by atoms with Crippen molar-refractivity contribution in [2.24, 2.45) is 0 Å². The van der Waals surface area contributed by atoms with Crippen LogP contribution in [0.25, 0.3) is 0 Å². The van der Waals surface area contributed by atoms with Gasteiger partial charge < -0.3 is 10.2 Å². The summed E-state index contributed by atoms with van der Waals surface area (Å²) in [4.78, 5) is 10.6. The fourth-order valence-corrected chi connectivity index (χ4v) is 3.22. The molecule has 0 radical (unpaired) electrons. The fourth-order valence-electron chi connectivity index (χ4n) is 1.95. The topological polar surface area (TPSA) is 75.2 Å². The van der Waals surface area contributed by atoms with Crippen LogP contribution in [-0.2, 0) is 16.4 Å². The molecule has 0 aliphatic carbocycles. The minimum absolute atomic E-state index is 0.201. The molecule has 0 saturated carbocycles. The predicted molar refractivity (Wildman–Crippen MR) is 70.3 cm³/mol. The molecule has 1 N–H and O–H groups in total. The lowest BCUT2D eigenvalue weighted by Crippen LogP contribution is -2.27. The van der Waals surface area contributed by atoms with Crippen LogP contribution in [0.1, 0.15) is 12.1 Å².